The van der Waals surface area contributed by atoms with Gasteiger partial charge in [-0.15, -0.1) is 6.58 Å². The van der Waals surface area contributed by atoms with Crippen molar-refractivity contribution in [3.63, 3.8) is 0 Å². The summed E-state index contributed by atoms with van der Waals surface area (Å²) >= 11 is 0. The van der Waals surface area contributed by atoms with Crippen LogP contribution in [0, 0.1) is 11.8 Å². The number of allylic oxidation sites excluding steroid dienone is 1. The molecule has 0 saturated heterocycles. The minimum absolute atomic E-state index is 0.573. The fourth-order valence-electron chi connectivity index (χ4n) is 2.35. The Balaban J connectivity index is 2.16. The van der Waals surface area contributed by atoms with Crippen molar-refractivity contribution in [1.29, 1.82) is 0 Å². The lowest BCUT2D eigenvalue weighted by atomic mass is 9.97. The van der Waals surface area contributed by atoms with Gasteiger partial charge in [-0.25, -0.2) is 14.4 Å². The van der Waals surface area contributed by atoms with Gasteiger partial charge in [0.25, 0.3) is 0 Å². The zero-order chi connectivity index (χ0) is 16.5. The Morgan fingerprint density at radius 2 is 2.09 bits per heavy atom. The van der Waals surface area contributed by atoms with Crippen LogP contribution in [0.4, 0.5) is 4.39 Å². The monoisotopic (exact) mass is 308 g/mol. The molecule has 0 aliphatic heterocycles. The number of aromatic nitrogens is 2. The summed E-state index contributed by atoms with van der Waals surface area (Å²) in [5, 5.41) is 0. The Hall–Kier alpha value is -2.47. The topological polar surface area (TPSA) is 25.8 Å². The first-order valence-electron chi connectivity index (χ1n) is 7.83. The van der Waals surface area contributed by atoms with Crippen LogP contribution in [0.25, 0.3) is 11.1 Å². The van der Waals surface area contributed by atoms with E-state index in [1.165, 1.54) is 6.33 Å². The highest BCUT2D eigenvalue weighted by molar-refractivity contribution is 5.67. The van der Waals surface area contributed by atoms with E-state index in [0.29, 0.717) is 6.42 Å². The average Bonchev–Trinajstić information content (AvgIpc) is 2.56. The van der Waals surface area contributed by atoms with Gasteiger partial charge in [-0.05, 0) is 49.4 Å². The molecule has 2 nitrogen and oxygen atoms in total. The number of alkyl halides is 1. The largest absolute Gasteiger partial charge is 0.248 e. The smallest absolute Gasteiger partial charge is 0.115 e. The third-order valence-electron chi connectivity index (χ3n) is 3.48. The quantitative estimate of drug-likeness (QED) is 0.437. The van der Waals surface area contributed by atoms with Crippen LogP contribution in [0.5, 0.6) is 0 Å². The maximum Gasteiger partial charge on any atom is 0.115 e. The van der Waals surface area contributed by atoms with Crippen LogP contribution in [0.1, 0.15) is 37.3 Å². The average molecular weight is 308 g/mol. The number of nitrogens with zero attached hydrogens (tertiary/aromatic N) is 2. The molecule has 0 saturated carbocycles. The molecule has 0 radical (unpaired) electrons. The van der Waals surface area contributed by atoms with Crippen molar-refractivity contribution in [1.82, 2.24) is 9.97 Å². The van der Waals surface area contributed by atoms with Crippen LogP contribution in [0.15, 0.2) is 49.6 Å². The molecular formula is C20H21FN2. The van der Waals surface area contributed by atoms with Gasteiger partial charge in [-0.1, -0.05) is 24.0 Å². The molecule has 1 heterocycles. The van der Waals surface area contributed by atoms with Crippen molar-refractivity contribution in [2.45, 2.75) is 38.8 Å². The normalized spacial score (nSPS) is 11.4. The molecule has 2 rings (SSSR count). The summed E-state index contributed by atoms with van der Waals surface area (Å²) in [4.78, 5) is 8.15. The first kappa shape index (κ1) is 16.9. The summed E-state index contributed by atoms with van der Waals surface area (Å²) in [5.41, 5.74) is 4.21. The van der Waals surface area contributed by atoms with Crippen molar-refractivity contribution in [2.24, 2.45) is 0 Å². The second-order valence-electron chi connectivity index (χ2n) is 5.47. The summed E-state index contributed by atoms with van der Waals surface area (Å²) in [6, 6.07) is 6.12. The Morgan fingerprint density at radius 3 is 2.78 bits per heavy atom. The van der Waals surface area contributed by atoms with E-state index in [-0.39, 0.29) is 0 Å². The molecule has 3 heteroatoms. The maximum absolute atomic E-state index is 12.7. The van der Waals surface area contributed by atoms with E-state index in [0.717, 1.165) is 41.5 Å². The number of halogens is 1. The van der Waals surface area contributed by atoms with Gasteiger partial charge in [0.1, 0.15) is 6.33 Å². The fraction of sp³-hybridized carbons (Fsp3) is 0.300. The first-order chi connectivity index (χ1) is 11.2. The molecule has 2 aromatic rings. The van der Waals surface area contributed by atoms with Crippen LogP contribution in [0.3, 0.4) is 0 Å². The lowest BCUT2D eigenvalue weighted by molar-refractivity contribution is 0.336. The molecule has 0 bridgehead atoms. The van der Waals surface area contributed by atoms with E-state index in [4.69, 9.17) is 0 Å². The molecular weight excluding hydrogens is 287 g/mol. The summed E-state index contributed by atoms with van der Waals surface area (Å²) in [6.07, 6.45) is 9.11. The number of unbranched alkanes of at least 4 members (excludes halogenated alkanes) is 1. The molecule has 23 heavy (non-hydrogen) atoms. The van der Waals surface area contributed by atoms with Gasteiger partial charge in [0.15, 0.2) is 0 Å². The Kier molecular flexibility index (Phi) is 6.50. The minimum atomic E-state index is -0.747. The SMILES string of the molecule is C=CCc1cc(C#CCCCC(C)F)ccc1-c1cncnc1. The zero-order valence-electron chi connectivity index (χ0n) is 13.4. The Bertz CT molecular complexity index is 697. The van der Waals surface area contributed by atoms with Crippen molar-refractivity contribution in [3.05, 3.63) is 60.7 Å². The molecule has 0 fully saturated rings. The van der Waals surface area contributed by atoms with Crippen LogP contribution in [-0.2, 0) is 6.42 Å². The van der Waals surface area contributed by atoms with Crippen molar-refractivity contribution in [3.8, 4) is 23.0 Å². The zero-order valence-corrected chi connectivity index (χ0v) is 13.4. The Labute approximate surface area is 137 Å². The Morgan fingerprint density at radius 1 is 1.30 bits per heavy atom. The molecule has 1 atom stereocenters. The highest BCUT2D eigenvalue weighted by atomic mass is 19.1. The van der Waals surface area contributed by atoms with Crippen molar-refractivity contribution < 1.29 is 4.39 Å². The molecule has 118 valence electrons. The second kappa shape index (κ2) is 8.85. The molecule has 0 spiro atoms. The number of benzene rings is 1. The summed E-state index contributed by atoms with van der Waals surface area (Å²) in [5.74, 6) is 6.28. The predicted octanol–water partition coefficient (Wildman–Crippen LogP) is 4.75. The van der Waals surface area contributed by atoms with Crippen LogP contribution in [0.2, 0.25) is 0 Å². The van der Waals surface area contributed by atoms with E-state index in [2.05, 4.69) is 34.5 Å². The third kappa shape index (κ3) is 5.34. The van der Waals surface area contributed by atoms with Crippen LogP contribution in [-0.4, -0.2) is 16.1 Å². The third-order valence-corrected chi connectivity index (χ3v) is 3.48. The molecule has 0 aliphatic carbocycles. The van der Waals surface area contributed by atoms with E-state index in [1.807, 2.05) is 18.2 Å². The van der Waals surface area contributed by atoms with Crippen LogP contribution < -0.4 is 0 Å². The minimum Gasteiger partial charge on any atom is -0.248 e. The number of hydrogen-bond acceptors (Lipinski definition) is 2. The van der Waals surface area contributed by atoms with Crippen LogP contribution >= 0.6 is 0 Å². The summed E-state index contributed by atoms with van der Waals surface area (Å²) < 4.78 is 12.7. The second-order valence-corrected chi connectivity index (χ2v) is 5.47. The van der Waals surface area contributed by atoms with E-state index < -0.39 is 6.17 Å². The standard InChI is InChI=1S/C20H21FN2/c1-3-7-18-12-17(9-6-4-5-8-16(2)21)10-11-20(18)19-13-22-15-23-14-19/h3,10-16H,1,4-5,7-8H2,2H3. The molecule has 0 N–H and O–H groups in total. The van der Waals surface area contributed by atoms with E-state index >= 15 is 0 Å². The molecule has 1 aromatic heterocycles. The fourth-order valence-corrected chi connectivity index (χ4v) is 2.35. The van der Waals surface area contributed by atoms with E-state index in [9.17, 15) is 4.39 Å². The number of rotatable bonds is 6. The number of hydrogen-bond donors (Lipinski definition) is 0. The van der Waals surface area contributed by atoms with Gasteiger partial charge in [0.2, 0.25) is 0 Å². The van der Waals surface area contributed by atoms with Crippen molar-refractivity contribution >= 4 is 0 Å². The van der Waals surface area contributed by atoms with Gasteiger partial charge >= 0.3 is 0 Å². The summed E-state index contributed by atoms with van der Waals surface area (Å²) in [7, 11) is 0. The molecule has 0 aliphatic rings. The lowest BCUT2D eigenvalue weighted by Crippen LogP contribution is -1.92. The lowest BCUT2D eigenvalue weighted by Gasteiger charge is -2.08. The van der Waals surface area contributed by atoms with Gasteiger partial charge in [-0.2, -0.15) is 0 Å². The maximum atomic E-state index is 12.7. The van der Waals surface area contributed by atoms with Crippen molar-refractivity contribution in [2.75, 3.05) is 0 Å². The highest BCUT2D eigenvalue weighted by Crippen LogP contribution is 2.24. The first-order valence-corrected chi connectivity index (χ1v) is 7.83. The summed E-state index contributed by atoms with van der Waals surface area (Å²) in [6.45, 7) is 5.40. The van der Waals surface area contributed by atoms with Gasteiger partial charge in [0, 0.05) is 29.9 Å². The van der Waals surface area contributed by atoms with Gasteiger partial charge in [0.05, 0.1) is 6.17 Å². The van der Waals surface area contributed by atoms with E-state index in [1.54, 1.807) is 19.3 Å². The van der Waals surface area contributed by atoms with Gasteiger partial charge in [-0.3, -0.25) is 0 Å². The predicted molar refractivity (Wildman–Crippen MR) is 92.7 cm³/mol. The molecule has 0 amide bonds. The molecule has 1 unspecified atom stereocenters. The van der Waals surface area contributed by atoms with Gasteiger partial charge < -0.3 is 0 Å². The molecule has 1 aromatic carbocycles. The highest BCUT2D eigenvalue weighted by Gasteiger charge is 2.05.